The van der Waals surface area contributed by atoms with Gasteiger partial charge in [-0.3, -0.25) is 0 Å². The van der Waals surface area contributed by atoms with E-state index in [9.17, 15) is 0 Å². The molecule has 1 aromatic heterocycles. The molecule has 1 heterocycles. The molecule has 1 radical (unpaired) electrons. The van der Waals surface area contributed by atoms with Crippen LogP contribution in [-0.2, 0) is 6.54 Å². The Kier molecular flexibility index (Phi) is 1.60. The Morgan fingerprint density at radius 2 is 2.25 bits per heavy atom. The van der Waals surface area contributed by atoms with Gasteiger partial charge in [0.15, 0.2) is 0 Å². The zero-order valence-corrected chi connectivity index (χ0v) is 6.62. The predicted octanol–water partition coefficient (Wildman–Crippen LogP) is 2.07. The molecule has 12 heavy (non-hydrogen) atoms. The highest BCUT2D eigenvalue weighted by molar-refractivity contribution is 5.79. The van der Waals surface area contributed by atoms with E-state index in [0.29, 0.717) is 6.54 Å². The number of nitrogens with zero attached hydrogens (tertiary/aromatic N) is 1. The fourth-order valence-corrected chi connectivity index (χ4v) is 1.29. The summed E-state index contributed by atoms with van der Waals surface area (Å²) in [6.45, 7) is 0.615. The van der Waals surface area contributed by atoms with E-state index in [1.54, 1.807) is 0 Å². The molecule has 0 saturated carbocycles. The van der Waals surface area contributed by atoms with Crippen LogP contribution in [0.5, 0.6) is 0 Å². The van der Waals surface area contributed by atoms with Crippen LogP contribution in [0.4, 0.5) is 0 Å². The number of para-hydroxylation sites is 1. The second kappa shape index (κ2) is 2.75. The third-order valence-electron chi connectivity index (χ3n) is 1.85. The molecule has 0 aliphatic carbocycles. The largest absolute Gasteiger partial charge is 0.335 e. The topological polar surface area (TPSA) is 4.93 Å². The lowest BCUT2D eigenvalue weighted by atomic mass is 10.2. The van der Waals surface area contributed by atoms with E-state index in [-0.39, 0.29) is 0 Å². The van der Waals surface area contributed by atoms with Gasteiger partial charge in [-0.2, -0.15) is 0 Å². The summed E-state index contributed by atoms with van der Waals surface area (Å²) in [5.74, 6) is 2.61. The van der Waals surface area contributed by atoms with Crippen LogP contribution < -0.4 is 0 Å². The number of benzene rings is 1. The molecule has 0 aliphatic heterocycles. The molecule has 0 aliphatic rings. The molecule has 0 unspecified atom stereocenters. The molecule has 1 heteroatoms. The van der Waals surface area contributed by atoms with Crippen LogP contribution >= 0.6 is 0 Å². The molecule has 0 N–H and O–H groups in total. The van der Waals surface area contributed by atoms with Crippen molar-refractivity contribution in [1.29, 1.82) is 0 Å². The van der Waals surface area contributed by atoms with Crippen LogP contribution in [0.2, 0.25) is 0 Å². The van der Waals surface area contributed by atoms with E-state index < -0.39 is 0 Å². The first kappa shape index (κ1) is 7.00. The Hall–Kier alpha value is -1.68. The molecule has 0 fully saturated rings. The molecule has 2 rings (SSSR count). The number of hydrogen-bond acceptors (Lipinski definition) is 0. The van der Waals surface area contributed by atoms with Gasteiger partial charge in [0.25, 0.3) is 0 Å². The Labute approximate surface area is 71.6 Å². The fraction of sp³-hybridized carbons (Fsp3) is 0.0909. The van der Waals surface area contributed by atoms with E-state index >= 15 is 0 Å². The lowest BCUT2D eigenvalue weighted by Gasteiger charge is -1.97. The van der Waals surface area contributed by atoms with Crippen molar-refractivity contribution in [1.82, 2.24) is 4.57 Å². The summed E-state index contributed by atoms with van der Waals surface area (Å²) in [5.41, 5.74) is 1.15. The molecule has 0 saturated heterocycles. The normalized spacial score (nSPS) is 9.92. The molecule has 2 aromatic rings. The van der Waals surface area contributed by atoms with E-state index in [4.69, 9.17) is 6.42 Å². The van der Waals surface area contributed by atoms with Crippen molar-refractivity contribution in [2.45, 2.75) is 6.54 Å². The molecule has 0 bridgehead atoms. The van der Waals surface area contributed by atoms with E-state index in [1.807, 2.05) is 35.0 Å². The van der Waals surface area contributed by atoms with Gasteiger partial charge in [0.05, 0.1) is 6.54 Å². The molecule has 1 nitrogen and oxygen atoms in total. The quantitative estimate of drug-likeness (QED) is 0.554. The van der Waals surface area contributed by atoms with Crippen LogP contribution in [0.1, 0.15) is 0 Å². The van der Waals surface area contributed by atoms with Crippen molar-refractivity contribution in [3.05, 3.63) is 36.5 Å². The smallest absolute Gasteiger partial charge is 0.0835 e. The maximum Gasteiger partial charge on any atom is 0.0835 e. The second-order valence-electron chi connectivity index (χ2n) is 2.62. The summed E-state index contributed by atoms with van der Waals surface area (Å²) < 4.78 is 2.01. The number of terminal acetylenes is 1. The Balaban J connectivity index is 2.64. The summed E-state index contributed by atoms with van der Waals surface area (Å²) >= 11 is 0. The molecular weight excluding hydrogens is 146 g/mol. The van der Waals surface area contributed by atoms with Gasteiger partial charge >= 0.3 is 0 Å². The van der Waals surface area contributed by atoms with Crippen LogP contribution in [0.3, 0.4) is 0 Å². The van der Waals surface area contributed by atoms with Gasteiger partial charge in [-0.1, -0.05) is 24.1 Å². The first-order valence-electron chi connectivity index (χ1n) is 3.81. The Morgan fingerprint density at radius 3 is 3.08 bits per heavy atom. The number of aromatic nitrogens is 1. The minimum absolute atomic E-state index is 0.615. The summed E-state index contributed by atoms with van der Waals surface area (Å²) in [4.78, 5) is 0. The number of hydrogen-bond donors (Lipinski definition) is 0. The SMILES string of the molecule is C#CCn1c[c]c2ccccc21. The summed E-state index contributed by atoms with van der Waals surface area (Å²) in [5, 5.41) is 1.12. The molecule has 57 valence electrons. The first-order valence-corrected chi connectivity index (χ1v) is 3.81. The highest BCUT2D eigenvalue weighted by atomic mass is 14.9. The molecule has 1 aromatic carbocycles. The van der Waals surface area contributed by atoms with Gasteiger partial charge in [0.2, 0.25) is 0 Å². The standard InChI is InChI=1S/C11H8N/c1-2-8-12-9-7-10-5-3-4-6-11(10)12/h1,3-6,9H,8H2. The van der Waals surface area contributed by atoms with Crippen molar-refractivity contribution >= 4 is 10.9 Å². The maximum absolute atomic E-state index is 5.23. The average molecular weight is 154 g/mol. The van der Waals surface area contributed by atoms with E-state index in [0.717, 1.165) is 10.9 Å². The highest BCUT2D eigenvalue weighted by Gasteiger charge is 1.96. The van der Waals surface area contributed by atoms with Crippen LogP contribution in [0, 0.1) is 18.4 Å². The average Bonchev–Trinajstić information content (AvgIpc) is 2.50. The van der Waals surface area contributed by atoms with Gasteiger partial charge in [-0.25, -0.2) is 0 Å². The van der Waals surface area contributed by atoms with Gasteiger partial charge in [0, 0.05) is 23.2 Å². The monoisotopic (exact) mass is 154 g/mol. The lowest BCUT2D eigenvalue weighted by molar-refractivity contribution is 0.886. The van der Waals surface area contributed by atoms with Gasteiger partial charge in [0.1, 0.15) is 0 Å². The molecule has 0 atom stereocenters. The van der Waals surface area contributed by atoms with E-state index in [2.05, 4.69) is 12.0 Å². The van der Waals surface area contributed by atoms with Crippen molar-refractivity contribution < 1.29 is 0 Å². The molecule has 0 spiro atoms. The second-order valence-corrected chi connectivity index (χ2v) is 2.62. The summed E-state index contributed by atoms with van der Waals surface area (Å²) in [7, 11) is 0. The van der Waals surface area contributed by atoms with Crippen LogP contribution in [-0.4, -0.2) is 4.57 Å². The number of rotatable bonds is 1. The first-order chi connectivity index (χ1) is 5.92. The zero-order valence-electron chi connectivity index (χ0n) is 6.62. The van der Waals surface area contributed by atoms with Crippen LogP contribution in [0.25, 0.3) is 10.9 Å². The Bertz CT molecular complexity index is 431. The number of fused-ring (bicyclic) bond motifs is 1. The van der Waals surface area contributed by atoms with Gasteiger partial charge < -0.3 is 4.57 Å². The third kappa shape index (κ3) is 0.981. The van der Waals surface area contributed by atoms with Crippen molar-refractivity contribution in [3.8, 4) is 12.3 Å². The van der Waals surface area contributed by atoms with Crippen LogP contribution in [0.15, 0.2) is 30.5 Å². The molecular formula is C11H8N. The van der Waals surface area contributed by atoms with E-state index in [1.165, 1.54) is 0 Å². The van der Waals surface area contributed by atoms with Gasteiger partial charge in [-0.15, -0.1) is 6.42 Å². The van der Waals surface area contributed by atoms with Gasteiger partial charge in [-0.05, 0) is 6.07 Å². The van der Waals surface area contributed by atoms with Crippen molar-refractivity contribution in [2.75, 3.05) is 0 Å². The van der Waals surface area contributed by atoms with Crippen molar-refractivity contribution in [2.24, 2.45) is 0 Å². The fourth-order valence-electron chi connectivity index (χ4n) is 1.29. The lowest BCUT2D eigenvalue weighted by Crippen LogP contribution is -1.91. The Morgan fingerprint density at radius 1 is 1.42 bits per heavy atom. The maximum atomic E-state index is 5.23. The highest BCUT2D eigenvalue weighted by Crippen LogP contribution is 2.13. The third-order valence-corrected chi connectivity index (χ3v) is 1.85. The minimum atomic E-state index is 0.615. The molecule has 0 amide bonds. The van der Waals surface area contributed by atoms with Crippen molar-refractivity contribution in [3.63, 3.8) is 0 Å². The predicted molar refractivity (Wildman–Crippen MR) is 49.6 cm³/mol. The zero-order chi connectivity index (χ0) is 8.39. The summed E-state index contributed by atoms with van der Waals surface area (Å²) in [6, 6.07) is 11.2. The minimum Gasteiger partial charge on any atom is -0.335 e. The summed E-state index contributed by atoms with van der Waals surface area (Å²) in [6.07, 6.45) is 7.12.